The molecule has 1 aliphatic rings. The molecule has 2 unspecified atom stereocenters. The fraction of sp³-hybridized carbons (Fsp3) is 0.429. The quantitative estimate of drug-likeness (QED) is 0.711. The number of likely N-dealkylation sites (tertiary alicyclic amines) is 1. The molecule has 1 amide bonds. The van der Waals surface area contributed by atoms with E-state index in [1.165, 1.54) is 18.2 Å². The van der Waals surface area contributed by atoms with Gasteiger partial charge in [-0.1, -0.05) is 0 Å². The summed E-state index contributed by atoms with van der Waals surface area (Å²) in [6, 6.07) is 3.74. The van der Waals surface area contributed by atoms with Crippen LogP contribution in [0.15, 0.2) is 18.2 Å². The Morgan fingerprint density at radius 2 is 1.95 bits per heavy atom. The smallest absolute Gasteiger partial charge is 0.306 e. The predicted octanol–water partition coefficient (Wildman–Crippen LogP) is 1.42. The van der Waals surface area contributed by atoms with Crippen molar-refractivity contribution in [2.24, 2.45) is 5.92 Å². The van der Waals surface area contributed by atoms with Gasteiger partial charge in [0.05, 0.1) is 5.92 Å². The molecule has 0 spiro atoms. The van der Waals surface area contributed by atoms with E-state index in [4.69, 9.17) is 5.11 Å². The van der Waals surface area contributed by atoms with E-state index >= 15 is 0 Å². The van der Waals surface area contributed by atoms with Crippen molar-refractivity contribution < 1.29 is 24.9 Å². The third-order valence-electron chi connectivity index (χ3n) is 3.71. The number of carboxylic acid groups (broad SMARTS) is 1. The highest BCUT2D eigenvalue weighted by molar-refractivity contribution is 5.95. The molecule has 2 rings (SSSR count). The number of rotatable bonds is 2. The molecule has 0 aromatic heterocycles. The number of carbonyl (C=O) groups is 2. The van der Waals surface area contributed by atoms with Crippen molar-refractivity contribution in [3.05, 3.63) is 23.8 Å². The van der Waals surface area contributed by atoms with Crippen LogP contribution in [0.2, 0.25) is 0 Å². The summed E-state index contributed by atoms with van der Waals surface area (Å²) in [4.78, 5) is 24.9. The van der Waals surface area contributed by atoms with Gasteiger partial charge in [0.15, 0.2) is 11.5 Å². The molecule has 1 saturated heterocycles. The highest BCUT2D eigenvalue weighted by Gasteiger charge is 2.32. The molecule has 1 heterocycles. The summed E-state index contributed by atoms with van der Waals surface area (Å²) in [7, 11) is 0. The highest BCUT2D eigenvalue weighted by atomic mass is 16.4. The van der Waals surface area contributed by atoms with E-state index in [-0.39, 0.29) is 29.0 Å². The van der Waals surface area contributed by atoms with Gasteiger partial charge in [0.2, 0.25) is 0 Å². The molecule has 1 aromatic rings. The minimum Gasteiger partial charge on any atom is -0.504 e. The number of hydrogen-bond donors (Lipinski definition) is 3. The van der Waals surface area contributed by atoms with Gasteiger partial charge in [-0.3, -0.25) is 9.59 Å². The van der Waals surface area contributed by atoms with Crippen molar-refractivity contribution in [1.29, 1.82) is 0 Å². The monoisotopic (exact) mass is 279 g/mol. The van der Waals surface area contributed by atoms with Crippen molar-refractivity contribution in [2.45, 2.75) is 25.8 Å². The van der Waals surface area contributed by atoms with Gasteiger partial charge in [0, 0.05) is 18.2 Å². The normalized spacial score (nSPS) is 22.6. The first kappa shape index (κ1) is 14.2. The summed E-state index contributed by atoms with van der Waals surface area (Å²) in [5.74, 6) is -2.13. The van der Waals surface area contributed by atoms with E-state index in [0.29, 0.717) is 19.4 Å². The Balaban J connectivity index is 2.13. The summed E-state index contributed by atoms with van der Waals surface area (Å²) in [6.45, 7) is 2.19. The number of amides is 1. The van der Waals surface area contributed by atoms with Crippen LogP contribution in [0.5, 0.6) is 11.5 Å². The number of carbonyl (C=O) groups excluding carboxylic acids is 1. The molecule has 1 aromatic carbocycles. The second-order valence-corrected chi connectivity index (χ2v) is 5.11. The van der Waals surface area contributed by atoms with E-state index in [1.54, 1.807) is 4.90 Å². The maximum atomic E-state index is 12.3. The number of benzene rings is 1. The van der Waals surface area contributed by atoms with Crippen LogP contribution in [-0.2, 0) is 4.79 Å². The molecular formula is C14H17NO5. The summed E-state index contributed by atoms with van der Waals surface area (Å²) >= 11 is 0. The van der Waals surface area contributed by atoms with Gasteiger partial charge in [-0.05, 0) is 38.0 Å². The van der Waals surface area contributed by atoms with Gasteiger partial charge in [-0.2, -0.15) is 0 Å². The van der Waals surface area contributed by atoms with Crippen LogP contribution >= 0.6 is 0 Å². The SMILES string of the molecule is CC1CC(C(=O)O)CCN1C(=O)c1ccc(O)c(O)c1. The second kappa shape index (κ2) is 5.40. The molecule has 3 N–H and O–H groups in total. The van der Waals surface area contributed by atoms with Crippen LogP contribution in [0, 0.1) is 5.92 Å². The molecule has 108 valence electrons. The van der Waals surface area contributed by atoms with Crippen LogP contribution in [0.1, 0.15) is 30.1 Å². The number of carboxylic acids is 1. The number of nitrogens with zero attached hydrogens (tertiary/aromatic N) is 1. The Bertz CT molecular complexity index is 542. The molecular weight excluding hydrogens is 262 g/mol. The molecule has 6 nitrogen and oxygen atoms in total. The minimum atomic E-state index is -0.828. The Labute approximate surface area is 116 Å². The van der Waals surface area contributed by atoms with E-state index in [2.05, 4.69) is 0 Å². The first-order chi connectivity index (χ1) is 9.40. The average molecular weight is 279 g/mol. The van der Waals surface area contributed by atoms with Gasteiger partial charge in [0.25, 0.3) is 5.91 Å². The molecule has 0 bridgehead atoms. The standard InChI is InChI=1S/C14H17NO5/c1-8-6-10(14(19)20)4-5-15(8)13(18)9-2-3-11(16)12(17)7-9/h2-3,7-8,10,16-17H,4-6H2,1H3,(H,19,20). The third kappa shape index (κ3) is 2.68. The van der Waals surface area contributed by atoms with E-state index in [9.17, 15) is 19.8 Å². The molecule has 2 atom stereocenters. The van der Waals surface area contributed by atoms with Crippen molar-refractivity contribution in [2.75, 3.05) is 6.54 Å². The molecule has 0 aliphatic carbocycles. The number of aliphatic carboxylic acids is 1. The zero-order chi connectivity index (χ0) is 14.9. The van der Waals surface area contributed by atoms with E-state index in [1.807, 2.05) is 6.92 Å². The molecule has 1 aliphatic heterocycles. The summed E-state index contributed by atoms with van der Waals surface area (Å²) in [5, 5.41) is 27.7. The maximum Gasteiger partial charge on any atom is 0.306 e. The lowest BCUT2D eigenvalue weighted by Crippen LogP contribution is -2.46. The lowest BCUT2D eigenvalue weighted by Gasteiger charge is -2.36. The predicted molar refractivity (Wildman–Crippen MR) is 70.6 cm³/mol. The number of phenolic OH excluding ortho intramolecular Hbond substituents is 2. The Kier molecular flexibility index (Phi) is 3.83. The van der Waals surface area contributed by atoms with Gasteiger partial charge >= 0.3 is 5.97 Å². The van der Waals surface area contributed by atoms with Crippen LogP contribution in [0.25, 0.3) is 0 Å². The number of aromatic hydroxyl groups is 2. The molecule has 1 fully saturated rings. The highest BCUT2D eigenvalue weighted by Crippen LogP contribution is 2.28. The maximum absolute atomic E-state index is 12.3. The van der Waals surface area contributed by atoms with Crippen molar-refractivity contribution in [3.8, 4) is 11.5 Å². The van der Waals surface area contributed by atoms with E-state index in [0.717, 1.165) is 0 Å². The molecule has 0 saturated carbocycles. The van der Waals surface area contributed by atoms with Crippen molar-refractivity contribution >= 4 is 11.9 Å². The van der Waals surface area contributed by atoms with Crippen LogP contribution in [-0.4, -0.2) is 44.7 Å². The Hall–Kier alpha value is -2.24. The summed E-state index contributed by atoms with van der Waals surface area (Å²) in [5.41, 5.74) is 0.279. The lowest BCUT2D eigenvalue weighted by atomic mass is 9.91. The molecule has 0 radical (unpaired) electrons. The number of piperidine rings is 1. The second-order valence-electron chi connectivity index (χ2n) is 5.11. The van der Waals surface area contributed by atoms with Gasteiger partial charge < -0.3 is 20.2 Å². The molecule has 6 heteroatoms. The zero-order valence-electron chi connectivity index (χ0n) is 11.1. The fourth-order valence-electron chi connectivity index (χ4n) is 2.52. The van der Waals surface area contributed by atoms with Crippen molar-refractivity contribution in [1.82, 2.24) is 4.90 Å². The third-order valence-corrected chi connectivity index (χ3v) is 3.71. The number of phenols is 2. The number of hydrogen-bond acceptors (Lipinski definition) is 4. The summed E-state index contributed by atoms with van der Waals surface area (Å²) < 4.78 is 0. The van der Waals surface area contributed by atoms with Gasteiger partial charge in [-0.15, -0.1) is 0 Å². The fourth-order valence-corrected chi connectivity index (χ4v) is 2.52. The van der Waals surface area contributed by atoms with E-state index < -0.39 is 11.9 Å². The van der Waals surface area contributed by atoms with Gasteiger partial charge in [-0.25, -0.2) is 0 Å². The average Bonchev–Trinajstić information content (AvgIpc) is 2.41. The minimum absolute atomic E-state index is 0.173. The zero-order valence-corrected chi connectivity index (χ0v) is 11.1. The van der Waals surface area contributed by atoms with Crippen LogP contribution < -0.4 is 0 Å². The first-order valence-corrected chi connectivity index (χ1v) is 6.46. The Morgan fingerprint density at radius 3 is 2.50 bits per heavy atom. The van der Waals surface area contributed by atoms with Gasteiger partial charge in [0.1, 0.15) is 0 Å². The molecule has 20 heavy (non-hydrogen) atoms. The van der Waals surface area contributed by atoms with Crippen molar-refractivity contribution in [3.63, 3.8) is 0 Å². The topological polar surface area (TPSA) is 98.1 Å². The van der Waals surface area contributed by atoms with Crippen LogP contribution in [0.3, 0.4) is 0 Å². The van der Waals surface area contributed by atoms with Crippen LogP contribution in [0.4, 0.5) is 0 Å². The Morgan fingerprint density at radius 1 is 1.25 bits per heavy atom. The summed E-state index contributed by atoms with van der Waals surface area (Å²) in [6.07, 6.45) is 0.848. The lowest BCUT2D eigenvalue weighted by molar-refractivity contribution is -0.143. The first-order valence-electron chi connectivity index (χ1n) is 6.46. The largest absolute Gasteiger partial charge is 0.504 e.